The Morgan fingerprint density at radius 2 is 2.00 bits per heavy atom. The molecule has 88 valence electrons. The molecule has 1 aromatic carbocycles. The van der Waals surface area contributed by atoms with Crippen molar-refractivity contribution in [3.8, 4) is 11.3 Å². The Morgan fingerprint density at radius 3 is 2.65 bits per heavy atom. The summed E-state index contributed by atoms with van der Waals surface area (Å²) in [5, 5.41) is 3.48. The van der Waals surface area contributed by atoms with E-state index < -0.39 is 0 Å². The SMILES string of the molecule is CN(C)/C=N/c1nc(-c2ccc(Cl)cc2)cs1. The van der Waals surface area contributed by atoms with Gasteiger partial charge >= 0.3 is 0 Å². The first-order valence-corrected chi connectivity index (χ1v) is 6.33. The van der Waals surface area contributed by atoms with E-state index in [0.717, 1.165) is 21.4 Å². The Morgan fingerprint density at radius 1 is 1.29 bits per heavy atom. The van der Waals surface area contributed by atoms with Gasteiger partial charge in [0, 0.05) is 30.1 Å². The summed E-state index contributed by atoms with van der Waals surface area (Å²) >= 11 is 7.36. The summed E-state index contributed by atoms with van der Waals surface area (Å²) in [4.78, 5) is 10.6. The van der Waals surface area contributed by atoms with Crippen molar-refractivity contribution in [1.82, 2.24) is 9.88 Å². The van der Waals surface area contributed by atoms with E-state index in [0.29, 0.717) is 0 Å². The molecule has 0 aliphatic carbocycles. The lowest BCUT2D eigenvalue weighted by Crippen LogP contribution is -2.06. The van der Waals surface area contributed by atoms with Crippen LogP contribution < -0.4 is 0 Å². The lowest BCUT2D eigenvalue weighted by molar-refractivity contribution is 0.643. The van der Waals surface area contributed by atoms with Gasteiger partial charge in [-0.2, -0.15) is 0 Å². The molecule has 0 bridgehead atoms. The topological polar surface area (TPSA) is 28.5 Å². The Hall–Kier alpha value is -1.39. The summed E-state index contributed by atoms with van der Waals surface area (Å²) in [5.41, 5.74) is 1.98. The number of thiazole rings is 1. The van der Waals surface area contributed by atoms with E-state index in [2.05, 4.69) is 9.98 Å². The first-order chi connectivity index (χ1) is 8.15. The standard InChI is InChI=1S/C12H12ClN3S/c1-16(2)8-14-12-15-11(7-17-12)9-3-5-10(13)6-4-9/h3-8H,1-2H3/b14-8+. The average molecular weight is 266 g/mol. The Labute approximate surface area is 109 Å². The molecular weight excluding hydrogens is 254 g/mol. The van der Waals surface area contributed by atoms with Crippen LogP contribution in [0.1, 0.15) is 0 Å². The minimum absolute atomic E-state index is 0.731. The number of benzene rings is 1. The summed E-state index contributed by atoms with van der Waals surface area (Å²) in [6, 6.07) is 7.63. The molecule has 3 nitrogen and oxygen atoms in total. The maximum absolute atomic E-state index is 5.84. The van der Waals surface area contributed by atoms with Crippen LogP contribution in [0.4, 0.5) is 5.13 Å². The van der Waals surface area contributed by atoms with Gasteiger partial charge in [-0.3, -0.25) is 0 Å². The van der Waals surface area contributed by atoms with Gasteiger partial charge in [0.25, 0.3) is 0 Å². The molecule has 0 N–H and O–H groups in total. The number of aliphatic imine (C=N–C) groups is 1. The maximum Gasteiger partial charge on any atom is 0.211 e. The van der Waals surface area contributed by atoms with Gasteiger partial charge in [-0.15, -0.1) is 11.3 Å². The second kappa shape index (κ2) is 5.29. The molecule has 0 saturated carbocycles. The van der Waals surface area contributed by atoms with E-state index >= 15 is 0 Å². The highest BCUT2D eigenvalue weighted by Gasteiger charge is 2.03. The predicted octanol–water partition coefficient (Wildman–Crippen LogP) is 3.68. The van der Waals surface area contributed by atoms with Gasteiger partial charge in [0.15, 0.2) is 0 Å². The molecule has 2 rings (SSSR count). The van der Waals surface area contributed by atoms with Crippen LogP contribution in [0.15, 0.2) is 34.6 Å². The first kappa shape index (κ1) is 12.1. The van der Waals surface area contributed by atoms with E-state index in [-0.39, 0.29) is 0 Å². The number of aromatic nitrogens is 1. The second-order valence-electron chi connectivity index (χ2n) is 3.73. The Bertz CT molecular complexity index is 517. The lowest BCUT2D eigenvalue weighted by Gasteiger charge is -2.00. The monoisotopic (exact) mass is 265 g/mol. The predicted molar refractivity (Wildman–Crippen MR) is 74.4 cm³/mol. The molecule has 0 fully saturated rings. The van der Waals surface area contributed by atoms with Crippen molar-refractivity contribution < 1.29 is 0 Å². The van der Waals surface area contributed by atoms with Crippen LogP contribution in [-0.4, -0.2) is 30.3 Å². The number of hydrogen-bond donors (Lipinski definition) is 0. The molecule has 5 heteroatoms. The van der Waals surface area contributed by atoms with Gasteiger partial charge < -0.3 is 4.90 Å². The minimum Gasteiger partial charge on any atom is -0.369 e. The van der Waals surface area contributed by atoms with Crippen molar-refractivity contribution in [1.29, 1.82) is 0 Å². The van der Waals surface area contributed by atoms with Gasteiger partial charge in [-0.05, 0) is 12.1 Å². The molecule has 17 heavy (non-hydrogen) atoms. The van der Waals surface area contributed by atoms with Crippen LogP contribution in [0.3, 0.4) is 0 Å². The molecular formula is C12H12ClN3S. The normalized spacial score (nSPS) is 11.0. The second-order valence-corrected chi connectivity index (χ2v) is 5.00. The number of halogens is 1. The zero-order chi connectivity index (χ0) is 12.3. The van der Waals surface area contributed by atoms with Crippen molar-refractivity contribution in [3.05, 3.63) is 34.7 Å². The zero-order valence-electron chi connectivity index (χ0n) is 9.59. The number of nitrogens with zero attached hydrogens (tertiary/aromatic N) is 3. The van der Waals surface area contributed by atoms with E-state index in [4.69, 9.17) is 11.6 Å². The third kappa shape index (κ3) is 3.28. The van der Waals surface area contributed by atoms with Gasteiger partial charge in [0.2, 0.25) is 5.13 Å². The van der Waals surface area contributed by atoms with Crippen LogP contribution in [0.25, 0.3) is 11.3 Å². The molecule has 0 saturated heterocycles. The molecule has 0 atom stereocenters. The quantitative estimate of drug-likeness (QED) is 0.626. The maximum atomic E-state index is 5.84. The smallest absolute Gasteiger partial charge is 0.211 e. The average Bonchev–Trinajstić information content (AvgIpc) is 2.76. The Balaban J connectivity index is 2.21. The van der Waals surface area contributed by atoms with Crippen LogP contribution in [0.2, 0.25) is 5.02 Å². The molecule has 1 aromatic heterocycles. The Kier molecular flexibility index (Phi) is 3.76. The van der Waals surface area contributed by atoms with Crippen molar-refractivity contribution in [2.75, 3.05) is 14.1 Å². The molecule has 0 amide bonds. The van der Waals surface area contributed by atoms with Crippen LogP contribution in [0, 0.1) is 0 Å². The van der Waals surface area contributed by atoms with E-state index in [1.807, 2.05) is 48.6 Å². The van der Waals surface area contributed by atoms with Gasteiger partial charge in [0.05, 0.1) is 12.0 Å². The molecule has 1 heterocycles. The van der Waals surface area contributed by atoms with Crippen molar-refractivity contribution in [3.63, 3.8) is 0 Å². The summed E-state index contributed by atoms with van der Waals surface area (Å²) < 4.78 is 0. The van der Waals surface area contributed by atoms with E-state index in [1.165, 1.54) is 11.3 Å². The van der Waals surface area contributed by atoms with Gasteiger partial charge in [-0.1, -0.05) is 23.7 Å². The highest BCUT2D eigenvalue weighted by atomic mass is 35.5. The highest BCUT2D eigenvalue weighted by molar-refractivity contribution is 7.13. The van der Waals surface area contributed by atoms with Gasteiger partial charge in [-0.25, -0.2) is 9.98 Å². The summed E-state index contributed by atoms with van der Waals surface area (Å²) in [5.74, 6) is 0. The van der Waals surface area contributed by atoms with Crippen LogP contribution >= 0.6 is 22.9 Å². The van der Waals surface area contributed by atoms with Crippen LogP contribution in [0.5, 0.6) is 0 Å². The molecule has 2 aromatic rings. The third-order valence-corrected chi connectivity index (χ3v) is 3.03. The third-order valence-electron chi connectivity index (χ3n) is 2.03. The van der Waals surface area contributed by atoms with Crippen LogP contribution in [-0.2, 0) is 0 Å². The molecule has 0 unspecified atom stereocenters. The van der Waals surface area contributed by atoms with Gasteiger partial charge in [0.1, 0.15) is 0 Å². The largest absolute Gasteiger partial charge is 0.369 e. The zero-order valence-corrected chi connectivity index (χ0v) is 11.2. The van der Waals surface area contributed by atoms with Crippen molar-refractivity contribution >= 4 is 34.4 Å². The summed E-state index contributed by atoms with van der Waals surface area (Å²) in [6.45, 7) is 0. The fourth-order valence-corrected chi connectivity index (χ4v) is 2.03. The minimum atomic E-state index is 0.731. The fourth-order valence-electron chi connectivity index (χ4n) is 1.24. The number of rotatable bonds is 3. The summed E-state index contributed by atoms with van der Waals surface area (Å²) in [6.07, 6.45) is 1.74. The van der Waals surface area contributed by atoms with E-state index in [9.17, 15) is 0 Å². The summed E-state index contributed by atoms with van der Waals surface area (Å²) in [7, 11) is 3.86. The fraction of sp³-hybridized carbons (Fsp3) is 0.167. The molecule has 0 radical (unpaired) electrons. The van der Waals surface area contributed by atoms with Crippen molar-refractivity contribution in [2.45, 2.75) is 0 Å². The lowest BCUT2D eigenvalue weighted by atomic mass is 10.2. The highest BCUT2D eigenvalue weighted by Crippen LogP contribution is 2.27. The molecule has 0 spiro atoms. The number of hydrogen-bond acceptors (Lipinski definition) is 3. The van der Waals surface area contributed by atoms with E-state index in [1.54, 1.807) is 6.34 Å². The van der Waals surface area contributed by atoms with Crippen molar-refractivity contribution in [2.24, 2.45) is 4.99 Å². The molecule has 0 aliphatic heterocycles. The molecule has 0 aliphatic rings. The first-order valence-electron chi connectivity index (χ1n) is 5.07.